The molecule has 0 saturated heterocycles. The molecule has 0 aromatic heterocycles. The van der Waals surface area contributed by atoms with Gasteiger partial charge < -0.3 is 14.8 Å². The van der Waals surface area contributed by atoms with E-state index in [-0.39, 0.29) is 0 Å². The molecule has 3 N–H and O–H groups in total. The normalized spacial score (nSPS) is 15.0. The predicted octanol–water partition coefficient (Wildman–Crippen LogP) is 1.21. The average molecular weight is 222 g/mol. The number of phenolic OH excluding ortho intramolecular Hbond substituents is 1. The van der Waals surface area contributed by atoms with Gasteiger partial charge in [0.25, 0.3) is 0 Å². The minimum absolute atomic E-state index is 0.418. The Morgan fingerprint density at radius 2 is 2.31 bits per heavy atom. The van der Waals surface area contributed by atoms with Crippen molar-refractivity contribution in [2.45, 2.75) is 19.3 Å². The lowest BCUT2D eigenvalue weighted by molar-refractivity contribution is 0.140. The largest absolute Gasteiger partial charge is 0.507 e. The molecule has 0 unspecified atom stereocenters. The van der Waals surface area contributed by atoms with Gasteiger partial charge in [-0.25, -0.2) is 5.90 Å². The van der Waals surface area contributed by atoms with Crippen LogP contribution in [0.1, 0.15) is 17.5 Å². The molecule has 88 valence electrons. The van der Waals surface area contributed by atoms with E-state index in [1.807, 2.05) is 6.07 Å². The molecule has 1 heterocycles. The first kappa shape index (κ1) is 11.2. The fourth-order valence-corrected chi connectivity index (χ4v) is 2.26. The highest BCUT2D eigenvalue weighted by molar-refractivity contribution is 5.62. The molecule has 0 bridgehead atoms. The summed E-state index contributed by atoms with van der Waals surface area (Å²) in [7, 11) is 2.06. The van der Waals surface area contributed by atoms with Crippen molar-refractivity contribution in [3.8, 4) is 5.75 Å². The van der Waals surface area contributed by atoms with Crippen molar-refractivity contribution in [2.24, 2.45) is 5.90 Å². The first-order chi connectivity index (χ1) is 7.74. The molecule has 1 aliphatic heterocycles. The van der Waals surface area contributed by atoms with E-state index in [1.165, 1.54) is 0 Å². The van der Waals surface area contributed by atoms with E-state index < -0.39 is 0 Å². The van der Waals surface area contributed by atoms with Gasteiger partial charge in [-0.05, 0) is 24.5 Å². The van der Waals surface area contributed by atoms with Crippen LogP contribution in [0.2, 0.25) is 0 Å². The molecule has 0 fully saturated rings. The van der Waals surface area contributed by atoms with Crippen LogP contribution in [0.4, 0.5) is 5.69 Å². The minimum Gasteiger partial charge on any atom is -0.507 e. The van der Waals surface area contributed by atoms with Gasteiger partial charge in [-0.15, -0.1) is 0 Å². The maximum Gasteiger partial charge on any atom is 0.124 e. The van der Waals surface area contributed by atoms with E-state index in [0.717, 1.165) is 36.2 Å². The van der Waals surface area contributed by atoms with Crippen LogP contribution in [0.15, 0.2) is 12.1 Å². The van der Waals surface area contributed by atoms with Crippen molar-refractivity contribution in [1.82, 2.24) is 0 Å². The zero-order valence-corrected chi connectivity index (χ0v) is 9.57. The Kier molecular flexibility index (Phi) is 3.31. The van der Waals surface area contributed by atoms with Crippen LogP contribution in [-0.4, -0.2) is 25.3 Å². The lowest BCUT2D eigenvalue weighted by Crippen LogP contribution is -2.24. The summed E-state index contributed by atoms with van der Waals surface area (Å²) in [4.78, 5) is 6.73. The number of hydrogen-bond acceptors (Lipinski definition) is 4. The molecule has 4 nitrogen and oxygen atoms in total. The molecule has 1 aliphatic rings. The monoisotopic (exact) mass is 222 g/mol. The number of fused-ring (bicyclic) bond motifs is 1. The minimum atomic E-state index is 0.418. The highest BCUT2D eigenvalue weighted by Crippen LogP contribution is 2.35. The SMILES string of the molecule is CN1CCCc2c1ccc(CCON)c2O. The molecular weight excluding hydrogens is 204 g/mol. The van der Waals surface area contributed by atoms with Gasteiger partial charge in [-0.1, -0.05) is 6.07 Å². The number of nitrogens with two attached hydrogens (primary N) is 1. The first-order valence-corrected chi connectivity index (χ1v) is 5.60. The maximum absolute atomic E-state index is 10.2. The Morgan fingerprint density at radius 1 is 1.50 bits per heavy atom. The fourth-order valence-electron chi connectivity index (χ4n) is 2.26. The third-order valence-electron chi connectivity index (χ3n) is 3.16. The average Bonchev–Trinajstić information content (AvgIpc) is 2.29. The van der Waals surface area contributed by atoms with Crippen molar-refractivity contribution in [1.29, 1.82) is 0 Å². The van der Waals surface area contributed by atoms with Gasteiger partial charge in [-0.2, -0.15) is 0 Å². The van der Waals surface area contributed by atoms with Gasteiger partial charge in [0.05, 0.1) is 6.61 Å². The zero-order valence-electron chi connectivity index (χ0n) is 9.57. The van der Waals surface area contributed by atoms with Crippen molar-refractivity contribution < 1.29 is 9.94 Å². The molecule has 0 spiro atoms. The molecule has 0 amide bonds. The van der Waals surface area contributed by atoms with E-state index in [1.54, 1.807) is 0 Å². The summed E-state index contributed by atoms with van der Waals surface area (Å²) in [6.45, 7) is 1.49. The predicted molar refractivity (Wildman–Crippen MR) is 63.5 cm³/mol. The van der Waals surface area contributed by atoms with Gasteiger partial charge in [-0.3, -0.25) is 0 Å². The third-order valence-corrected chi connectivity index (χ3v) is 3.16. The molecule has 0 atom stereocenters. The van der Waals surface area contributed by atoms with E-state index in [4.69, 9.17) is 5.90 Å². The second-order valence-corrected chi connectivity index (χ2v) is 4.22. The molecule has 1 aromatic rings. The second kappa shape index (κ2) is 4.72. The molecule has 0 aliphatic carbocycles. The molecule has 1 aromatic carbocycles. The van der Waals surface area contributed by atoms with Crippen molar-refractivity contribution in [3.05, 3.63) is 23.3 Å². The summed E-state index contributed by atoms with van der Waals surface area (Å²) in [6, 6.07) is 4.02. The Morgan fingerprint density at radius 3 is 3.06 bits per heavy atom. The number of nitrogens with zero attached hydrogens (tertiary/aromatic N) is 1. The number of benzene rings is 1. The van der Waals surface area contributed by atoms with Gasteiger partial charge in [0.15, 0.2) is 0 Å². The second-order valence-electron chi connectivity index (χ2n) is 4.22. The van der Waals surface area contributed by atoms with Crippen molar-refractivity contribution in [2.75, 3.05) is 25.1 Å². The summed E-state index contributed by atoms with van der Waals surface area (Å²) in [5, 5.41) is 10.2. The summed E-state index contributed by atoms with van der Waals surface area (Å²) in [5.74, 6) is 5.41. The van der Waals surface area contributed by atoms with Crippen molar-refractivity contribution in [3.63, 3.8) is 0 Å². The number of aromatic hydroxyl groups is 1. The van der Waals surface area contributed by atoms with Crippen LogP contribution in [0.3, 0.4) is 0 Å². The summed E-state index contributed by atoms with van der Waals surface area (Å²) in [5.41, 5.74) is 3.11. The number of anilines is 1. The van der Waals surface area contributed by atoms with Crippen LogP contribution in [0.25, 0.3) is 0 Å². The number of phenols is 1. The first-order valence-electron chi connectivity index (χ1n) is 5.60. The van der Waals surface area contributed by atoms with Crippen LogP contribution in [0.5, 0.6) is 5.75 Å². The highest BCUT2D eigenvalue weighted by atomic mass is 16.6. The van der Waals surface area contributed by atoms with E-state index >= 15 is 0 Å². The Labute approximate surface area is 95.6 Å². The molecule has 2 rings (SSSR count). The smallest absolute Gasteiger partial charge is 0.124 e. The molecule has 16 heavy (non-hydrogen) atoms. The van der Waals surface area contributed by atoms with Crippen molar-refractivity contribution >= 4 is 5.69 Å². The molecule has 0 radical (unpaired) electrons. The number of rotatable bonds is 3. The Balaban J connectivity index is 2.31. The van der Waals surface area contributed by atoms with Crippen LogP contribution < -0.4 is 10.8 Å². The Hall–Kier alpha value is -1.26. The number of hydrogen-bond donors (Lipinski definition) is 2. The van der Waals surface area contributed by atoms with E-state index in [9.17, 15) is 5.11 Å². The van der Waals surface area contributed by atoms with Gasteiger partial charge in [0.1, 0.15) is 5.75 Å². The van der Waals surface area contributed by atoms with Crippen LogP contribution >= 0.6 is 0 Å². The van der Waals surface area contributed by atoms with Crippen LogP contribution in [0, 0.1) is 0 Å². The fraction of sp³-hybridized carbons (Fsp3) is 0.500. The zero-order chi connectivity index (χ0) is 11.5. The summed E-state index contributed by atoms with van der Waals surface area (Å²) < 4.78 is 0. The Bertz CT molecular complexity index is 380. The van der Waals surface area contributed by atoms with E-state index in [2.05, 4.69) is 22.9 Å². The van der Waals surface area contributed by atoms with Crippen LogP contribution in [-0.2, 0) is 17.7 Å². The van der Waals surface area contributed by atoms with Gasteiger partial charge in [0, 0.05) is 31.3 Å². The quantitative estimate of drug-likeness (QED) is 0.755. The topological polar surface area (TPSA) is 58.7 Å². The molecule has 4 heteroatoms. The summed E-state index contributed by atoms with van der Waals surface area (Å²) >= 11 is 0. The van der Waals surface area contributed by atoms with Gasteiger partial charge in [0.2, 0.25) is 0 Å². The molecular formula is C12H18N2O2. The lowest BCUT2D eigenvalue weighted by Gasteiger charge is -2.28. The third kappa shape index (κ3) is 1.99. The van der Waals surface area contributed by atoms with Gasteiger partial charge >= 0.3 is 0 Å². The lowest BCUT2D eigenvalue weighted by atomic mass is 9.97. The maximum atomic E-state index is 10.2. The van der Waals surface area contributed by atoms with E-state index in [0.29, 0.717) is 18.8 Å². The highest BCUT2D eigenvalue weighted by Gasteiger charge is 2.18. The molecule has 0 saturated carbocycles. The standard InChI is InChI=1S/C12H18N2O2/c1-14-7-2-3-10-11(14)5-4-9(12(10)15)6-8-16-13/h4-5,15H,2-3,6-8,13H2,1H3. The summed E-state index contributed by atoms with van der Waals surface area (Å²) in [6.07, 6.45) is 2.69.